The van der Waals surface area contributed by atoms with Gasteiger partial charge in [-0.25, -0.2) is 0 Å². The van der Waals surface area contributed by atoms with Crippen LogP contribution in [0.3, 0.4) is 0 Å². The van der Waals surface area contributed by atoms with Gasteiger partial charge >= 0.3 is 0 Å². The summed E-state index contributed by atoms with van der Waals surface area (Å²) < 4.78 is 5.05. The van der Waals surface area contributed by atoms with Gasteiger partial charge in [-0.1, -0.05) is 23.7 Å². The summed E-state index contributed by atoms with van der Waals surface area (Å²) in [5, 5.41) is 4.08. The van der Waals surface area contributed by atoms with Gasteiger partial charge in [0, 0.05) is 13.2 Å². The van der Waals surface area contributed by atoms with Crippen LogP contribution in [0.15, 0.2) is 18.2 Å². The molecule has 1 aromatic carbocycles. The van der Waals surface area contributed by atoms with Crippen molar-refractivity contribution in [2.45, 2.75) is 19.9 Å². The number of aryl methyl sites for hydroxylation is 1. The lowest BCUT2D eigenvalue weighted by molar-refractivity contribution is 0.190. The smallest absolute Gasteiger partial charge is 0.0661 e. The maximum absolute atomic E-state index is 6.07. The number of anilines is 1. The monoisotopic (exact) mass is 213 g/mol. The van der Waals surface area contributed by atoms with Gasteiger partial charge in [0.15, 0.2) is 0 Å². The number of benzene rings is 1. The van der Waals surface area contributed by atoms with Gasteiger partial charge < -0.3 is 10.1 Å². The van der Waals surface area contributed by atoms with Crippen molar-refractivity contribution in [1.82, 2.24) is 0 Å². The molecular formula is C11H16ClNO. The molecule has 0 fully saturated rings. The Balaban J connectivity index is 2.75. The fourth-order valence-electron chi connectivity index (χ4n) is 1.35. The number of para-hydroxylation sites is 1. The molecule has 0 saturated heterocycles. The van der Waals surface area contributed by atoms with Crippen LogP contribution in [-0.2, 0) is 4.74 Å². The van der Waals surface area contributed by atoms with Crippen molar-refractivity contribution in [3.63, 3.8) is 0 Å². The first-order chi connectivity index (χ1) is 6.65. The van der Waals surface area contributed by atoms with E-state index >= 15 is 0 Å². The summed E-state index contributed by atoms with van der Waals surface area (Å²) in [4.78, 5) is 0. The van der Waals surface area contributed by atoms with E-state index < -0.39 is 0 Å². The van der Waals surface area contributed by atoms with Gasteiger partial charge in [-0.05, 0) is 25.5 Å². The van der Waals surface area contributed by atoms with Gasteiger partial charge in [-0.2, -0.15) is 0 Å². The second-order valence-electron chi connectivity index (χ2n) is 3.43. The standard InChI is InChI=1S/C11H16ClNO/c1-8-5-4-6-10(12)11(8)13-9(2)7-14-3/h4-6,9,13H,7H2,1-3H3. The van der Waals surface area contributed by atoms with Crippen LogP contribution in [0.4, 0.5) is 5.69 Å². The van der Waals surface area contributed by atoms with E-state index in [2.05, 4.69) is 12.2 Å². The van der Waals surface area contributed by atoms with Crippen molar-refractivity contribution in [2.24, 2.45) is 0 Å². The molecule has 0 amide bonds. The van der Waals surface area contributed by atoms with E-state index in [-0.39, 0.29) is 6.04 Å². The second kappa shape index (κ2) is 5.23. The van der Waals surface area contributed by atoms with Crippen LogP contribution >= 0.6 is 11.6 Å². The highest BCUT2D eigenvalue weighted by atomic mass is 35.5. The normalized spacial score (nSPS) is 12.6. The first kappa shape index (κ1) is 11.3. The summed E-state index contributed by atoms with van der Waals surface area (Å²) >= 11 is 6.07. The first-order valence-corrected chi connectivity index (χ1v) is 5.03. The molecule has 0 saturated carbocycles. The molecule has 1 N–H and O–H groups in total. The highest BCUT2D eigenvalue weighted by molar-refractivity contribution is 6.33. The fourth-order valence-corrected chi connectivity index (χ4v) is 1.63. The van der Waals surface area contributed by atoms with Crippen LogP contribution in [0.25, 0.3) is 0 Å². The predicted octanol–water partition coefficient (Wildman–Crippen LogP) is 3.10. The van der Waals surface area contributed by atoms with E-state index in [1.807, 2.05) is 25.1 Å². The molecule has 0 radical (unpaired) electrons. The Labute approximate surface area is 90.2 Å². The van der Waals surface area contributed by atoms with Gasteiger partial charge in [0.1, 0.15) is 0 Å². The van der Waals surface area contributed by atoms with Crippen LogP contribution in [0.5, 0.6) is 0 Å². The largest absolute Gasteiger partial charge is 0.383 e. The van der Waals surface area contributed by atoms with E-state index in [4.69, 9.17) is 16.3 Å². The van der Waals surface area contributed by atoms with Gasteiger partial charge in [-0.3, -0.25) is 0 Å². The van der Waals surface area contributed by atoms with E-state index in [0.717, 1.165) is 16.3 Å². The van der Waals surface area contributed by atoms with Crippen molar-refractivity contribution in [3.05, 3.63) is 28.8 Å². The number of hydrogen-bond donors (Lipinski definition) is 1. The van der Waals surface area contributed by atoms with Crippen LogP contribution in [0, 0.1) is 6.92 Å². The van der Waals surface area contributed by atoms with Gasteiger partial charge in [-0.15, -0.1) is 0 Å². The zero-order valence-corrected chi connectivity index (χ0v) is 9.56. The van der Waals surface area contributed by atoms with Crippen LogP contribution in [0.1, 0.15) is 12.5 Å². The molecule has 0 bridgehead atoms. The molecule has 1 rings (SSSR count). The third-order valence-corrected chi connectivity index (χ3v) is 2.34. The number of methoxy groups -OCH3 is 1. The van der Waals surface area contributed by atoms with Crippen LogP contribution in [-0.4, -0.2) is 19.8 Å². The van der Waals surface area contributed by atoms with Crippen molar-refractivity contribution in [3.8, 4) is 0 Å². The topological polar surface area (TPSA) is 21.3 Å². The third kappa shape index (κ3) is 2.89. The third-order valence-electron chi connectivity index (χ3n) is 2.03. The minimum atomic E-state index is 0.263. The number of nitrogens with one attached hydrogen (secondary N) is 1. The molecule has 3 heteroatoms. The Morgan fingerprint density at radius 1 is 1.50 bits per heavy atom. The van der Waals surface area contributed by atoms with Crippen LogP contribution in [0.2, 0.25) is 5.02 Å². The van der Waals surface area contributed by atoms with E-state index in [1.165, 1.54) is 0 Å². The SMILES string of the molecule is COCC(C)Nc1c(C)cccc1Cl. The molecule has 1 aromatic rings. The molecule has 1 unspecified atom stereocenters. The minimum absolute atomic E-state index is 0.263. The molecule has 0 aromatic heterocycles. The second-order valence-corrected chi connectivity index (χ2v) is 3.84. The Morgan fingerprint density at radius 2 is 2.21 bits per heavy atom. The maximum Gasteiger partial charge on any atom is 0.0661 e. The quantitative estimate of drug-likeness (QED) is 0.830. The van der Waals surface area contributed by atoms with Crippen molar-refractivity contribution in [1.29, 1.82) is 0 Å². The van der Waals surface area contributed by atoms with Gasteiger partial charge in [0.2, 0.25) is 0 Å². The lowest BCUT2D eigenvalue weighted by atomic mass is 10.2. The van der Waals surface area contributed by atoms with E-state index in [0.29, 0.717) is 6.61 Å². The molecule has 1 atom stereocenters. The summed E-state index contributed by atoms with van der Waals surface area (Å²) in [6.07, 6.45) is 0. The highest BCUT2D eigenvalue weighted by Crippen LogP contribution is 2.25. The lowest BCUT2D eigenvalue weighted by Crippen LogP contribution is -2.21. The molecule has 0 heterocycles. The fraction of sp³-hybridized carbons (Fsp3) is 0.455. The summed E-state index contributed by atoms with van der Waals surface area (Å²) in [5.74, 6) is 0. The minimum Gasteiger partial charge on any atom is -0.383 e. The summed E-state index contributed by atoms with van der Waals surface area (Å²) in [6.45, 7) is 4.77. The maximum atomic E-state index is 6.07. The zero-order chi connectivity index (χ0) is 10.6. The Bertz CT molecular complexity index is 281. The van der Waals surface area contributed by atoms with Gasteiger partial charge in [0.25, 0.3) is 0 Å². The average Bonchev–Trinajstić information content (AvgIpc) is 2.12. The van der Waals surface area contributed by atoms with Crippen molar-refractivity contribution < 1.29 is 4.74 Å². The predicted molar refractivity (Wildman–Crippen MR) is 61.1 cm³/mol. The molecular weight excluding hydrogens is 198 g/mol. The number of halogens is 1. The molecule has 2 nitrogen and oxygen atoms in total. The molecule has 0 aliphatic rings. The Kier molecular flexibility index (Phi) is 4.23. The number of rotatable bonds is 4. The highest BCUT2D eigenvalue weighted by Gasteiger charge is 2.06. The molecule has 78 valence electrons. The van der Waals surface area contributed by atoms with Crippen LogP contribution < -0.4 is 5.32 Å². The molecule has 0 spiro atoms. The van der Waals surface area contributed by atoms with E-state index in [1.54, 1.807) is 7.11 Å². The summed E-state index contributed by atoms with van der Waals surface area (Å²) in [5.41, 5.74) is 2.15. The molecule has 0 aliphatic heterocycles. The Hall–Kier alpha value is -0.730. The number of hydrogen-bond acceptors (Lipinski definition) is 2. The average molecular weight is 214 g/mol. The molecule has 0 aliphatic carbocycles. The lowest BCUT2D eigenvalue weighted by Gasteiger charge is -2.17. The van der Waals surface area contributed by atoms with Crippen molar-refractivity contribution in [2.75, 3.05) is 19.0 Å². The summed E-state index contributed by atoms with van der Waals surface area (Å²) in [6, 6.07) is 6.13. The summed E-state index contributed by atoms with van der Waals surface area (Å²) in [7, 11) is 1.69. The number of ether oxygens (including phenoxy) is 1. The Morgan fingerprint density at radius 3 is 2.79 bits per heavy atom. The van der Waals surface area contributed by atoms with Crippen molar-refractivity contribution >= 4 is 17.3 Å². The zero-order valence-electron chi connectivity index (χ0n) is 8.80. The van der Waals surface area contributed by atoms with E-state index in [9.17, 15) is 0 Å². The van der Waals surface area contributed by atoms with Gasteiger partial charge in [0.05, 0.1) is 17.3 Å². The first-order valence-electron chi connectivity index (χ1n) is 4.65. The molecule has 14 heavy (non-hydrogen) atoms.